The molecule has 1 rings (SSSR count). The molecule has 3 heteroatoms. The standard InChI is InChI=1S/C45H82N2O/c1-5-7-9-11-13-15-17-19-21-23-25-27-29-31-33-35-37-45(48-46-43-39-41-44(42-40-43)47(3)4)38-36-34-32-30-28-26-24-22-20-18-16-14-12-10-8-6-2/h13-16,19-22,44-45H,5-12,17-18,23-42H2,1-4H3. The van der Waals surface area contributed by atoms with E-state index in [0.29, 0.717) is 12.1 Å². The maximum Gasteiger partial charge on any atom is 0.127 e. The van der Waals surface area contributed by atoms with Gasteiger partial charge in [-0.2, -0.15) is 0 Å². The minimum Gasteiger partial charge on any atom is -0.393 e. The van der Waals surface area contributed by atoms with Crippen LogP contribution < -0.4 is 0 Å². The molecule has 278 valence electrons. The molecular formula is C45H82N2O. The van der Waals surface area contributed by atoms with Gasteiger partial charge in [-0.05, 0) is 130 Å². The number of rotatable bonds is 33. The summed E-state index contributed by atoms with van der Waals surface area (Å²) in [5, 5.41) is 4.74. The predicted octanol–water partition coefficient (Wildman–Crippen LogP) is 14.6. The molecule has 0 N–H and O–H groups in total. The zero-order valence-electron chi connectivity index (χ0n) is 32.8. The number of nitrogens with zero attached hydrogens (tertiary/aromatic N) is 2. The van der Waals surface area contributed by atoms with Crippen LogP contribution >= 0.6 is 0 Å². The summed E-state index contributed by atoms with van der Waals surface area (Å²) in [5.74, 6) is 0. The van der Waals surface area contributed by atoms with E-state index in [-0.39, 0.29) is 0 Å². The van der Waals surface area contributed by atoms with Gasteiger partial charge in [0.05, 0.1) is 5.71 Å². The van der Waals surface area contributed by atoms with Crippen LogP contribution in [0, 0.1) is 0 Å². The largest absolute Gasteiger partial charge is 0.393 e. The molecule has 0 bridgehead atoms. The zero-order valence-corrected chi connectivity index (χ0v) is 32.8. The maximum absolute atomic E-state index is 6.28. The van der Waals surface area contributed by atoms with Gasteiger partial charge >= 0.3 is 0 Å². The average molecular weight is 667 g/mol. The number of hydrogen-bond donors (Lipinski definition) is 0. The van der Waals surface area contributed by atoms with Gasteiger partial charge in [0, 0.05) is 6.04 Å². The molecule has 1 fully saturated rings. The van der Waals surface area contributed by atoms with Crippen LogP contribution in [-0.4, -0.2) is 36.9 Å². The van der Waals surface area contributed by atoms with Crippen molar-refractivity contribution in [3.63, 3.8) is 0 Å². The van der Waals surface area contributed by atoms with Crippen molar-refractivity contribution in [1.82, 2.24) is 4.90 Å². The minimum atomic E-state index is 0.306. The topological polar surface area (TPSA) is 24.8 Å². The maximum atomic E-state index is 6.28. The molecule has 1 aliphatic carbocycles. The first-order valence-electron chi connectivity index (χ1n) is 21.1. The Bertz CT molecular complexity index is 765. The highest BCUT2D eigenvalue weighted by Gasteiger charge is 2.20. The smallest absolute Gasteiger partial charge is 0.127 e. The van der Waals surface area contributed by atoms with Crippen molar-refractivity contribution >= 4 is 5.71 Å². The van der Waals surface area contributed by atoms with Crippen molar-refractivity contribution in [2.24, 2.45) is 5.16 Å². The molecule has 0 unspecified atom stereocenters. The average Bonchev–Trinajstić information content (AvgIpc) is 3.10. The first-order valence-corrected chi connectivity index (χ1v) is 21.1. The molecule has 0 atom stereocenters. The Balaban J connectivity index is 2.19. The Hall–Kier alpha value is -1.61. The summed E-state index contributed by atoms with van der Waals surface area (Å²) < 4.78 is 0. The van der Waals surface area contributed by atoms with E-state index in [4.69, 9.17) is 9.99 Å². The van der Waals surface area contributed by atoms with Crippen LogP contribution in [0.3, 0.4) is 0 Å². The van der Waals surface area contributed by atoms with E-state index in [1.54, 1.807) is 0 Å². The summed E-state index contributed by atoms with van der Waals surface area (Å²) in [6.07, 6.45) is 57.5. The first kappa shape index (κ1) is 44.4. The highest BCUT2D eigenvalue weighted by molar-refractivity contribution is 5.84. The molecule has 1 saturated carbocycles. The van der Waals surface area contributed by atoms with Gasteiger partial charge in [-0.3, -0.25) is 0 Å². The van der Waals surface area contributed by atoms with Gasteiger partial charge in [0.15, 0.2) is 0 Å². The van der Waals surface area contributed by atoms with Crippen LogP contribution in [0.5, 0.6) is 0 Å². The molecule has 0 saturated heterocycles. The third kappa shape index (κ3) is 29.3. The van der Waals surface area contributed by atoms with Crippen LogP contribution in [0.1, 0.15) is 206 Å². The molecule has 0 aromatic heterocycles. The van der Waals surface area contributed by atoms with E-state index in [1.807, 2.05) is 0 Å². The molecule has 48 heavy (non-hydrogen) atoms. The van der Waals surface area contributed by atoms with E-state index in [9.17, 15) is 0 Å². The van der Waals surface area contributed by atoms with Gasteiger partial charge < -0.3 is 9.74 Å². The molecule has 0 heterocycles. The number of unbranched alkanes of at least 4 members (excludes halogenated alkanes) is 18. The Labute approximate surface area is 301 Å². The van der Waals surface area contributed by atoms with E-state index in [1.165, 1.54) is 173 Å². The van der Waals surface area contributed by atoms with Crippen molar-refractivity contribution in [3.8, 4) is 0 Å². The van der Waals surface area contributed by atoms with Gasteiger partial charge in [0.2, 0.25) is 0 Å². The van der Waals surface area contributed by atoms with Gasteiger partial charge in [-0.1, -0.05) is 145 Å². The fraction of sp³-hybridized carbons (Fsp3) is 0.800. The van der Waals surface area contributed by atoms with Crippen LogP contribution in [0.15, 0.2) is 53.8 Å². The van der Waals surface area contributed by atoms with Gasteiger partial charge in [-0.25, -0.2) is 0 Å². The number of oxime groups is 1. The van der Waals surface area contributed by atoms with Crippen LogP contribution in [0.4, 0.5) is 0 Å². The summed E-state index contributed by atoms with van der Waals surface area (Å²) in [5.41, 5.74) is 1.30. The monoisotopic (exact) mass is 667 g/mol. The van der Waals surface area contributed by atoms with Crippen LogP contribution in [0.25, 0.3) is 0 Å². The summed E-state index contributed by atoms with van der Waals surface area (Å²) >= 11 is 0. The molecular weight excluding hydrogens is 585 g/mol. The van der Waals surface area contributed by atoms with Gasteiger partial charge in [0.25, 0.3) is 0 Å². The summed E-state index contributed by atoms with van der Waals surface area (Å²) in [4.78, 5) is 8.65. The molecule has 0 radical (unpaired) electrons. The molecule has 3 nitrogen and oxygen atoms in total. The molecule has 0 amide bonds. The van der Waals surface area contributed by atoms with E-state index in [2.05, 4.69) is 81.5 Å². The Morgan fingerprint density at radius 3 is 1.31 bits per heavy atom. The second-order valence-electron chi connectivity index (χ2n) is 14.8. The Morgan fingerprint density at radius 2 is 0.917 bits per heavy atom. The Morgan fingerprint density at radius 1 is 0.542 bits per heavy atom. The summed E-state index contributed by atoms with van der Waals surface area (Å²) in [7, 11) is 4.41. The van der Waals surface area contributed by atoms with E-state index in [0.717, 1.165) is 25.7 Å². The normalized spacial score (nSPS) is 16.4. The highest BCUT2D eigenvalue weighted by Crippen LogP contribution is 2.22. The van der Waals surface area contributed by atoms with Crippen LogP contribution in [0.2, 0.25) is 0 Å². The van der Waals surface area contributed by atoms with Gasteiger partial charge in [-0.15, -0.1) is 0 Å². The summed E-state index contributed by atoms with van der Waals surface area (Å²) in [6.45, 7) is 4.54. The summed E-state index contributed by atoms with van der Waals surface area (Å²) in [6, 6.07) is 0.705. The molecule has 0 aliphatic heterocycles. The number of hydrogen-bond acceptors (Lipinski definition) is 3. The lowest BCUT2D eigenvalue weighted by Crippen LogP contribution is -2.32. The first-order chi connectivity index (χ1) is 23.7. The van der Waals surface area contributed by atoms with Crippen molar-refractivity contribution in [2.45, 2.75) is 219 Å². The third-order valence-corrected chi connectivity index (χ3v) is 10.0. The Kier molecular flexibility index (Phi) is 32.6. The molecule has 1 aliphatic rings. The number of allylic oxidation sites excluding steroid dienone is 8. The van der Waals surface area contributed by atoms with Crippen molar-refractivity contribution in [3.05, 3.63) is 48.6 Å². The lowest BCUT2D eigenvalue weighted by molar-refractivity contribution is 0.0416. The fourth-order valence-electron chi connectivity index (χ4n) is 6.66. The lowest BCUT2D eigenvalue weighted by Gasteiger charge is -2.28. The quantitative estimate of drug-likeness (QED) is 0.0395. The van der Waals surface area contributed by atoms with Crippen molar-refractivity contribution in [1.29, 1.82) is 0 Å². The fourth-order valence-corrected chi connectivity index (χ4v) is 6.66. The van der Waals surface area contributed by atoms with Crippen molar-refractivity contribution < 1.29 is 4.84 Å². The third-order valence-electron chi connectivity index (χ3n) is 10.0. The molecule has 0 spiro atoms. The predicted molar refractivity (Wildman–Crippen MR) is 216 cm³/mol. The molecule has 0 aromatic carbocycles. The minimum absolute atomic E-state index is 0.306. The van der Waals surface area contributed by atoms with E-state index < -0.39 is 0 Å². The SMILES string of the molecule is CCCCCC=CCC=CCCCCCCCCC(CCCCCCCCC=CCC=CCCCCC)ON=C1CCC(N(C)C)CC1. The lowest BCUT2D eigenvalue weighted by atomic mass is 9.93. The van der Waals surface area contributed by atoms with Crippen LogP contribution in [-0.2, 0) is 4.84 Å². The van der Waals surface area contributed by atoms with Gasteiger partial charge in [0.1, 0.15) is 6.10 Å². The van der Waals surface area contributed by atoms with Crippen molar-refractivity contribution in [2.75, 3.05) is 14.1 Å². The van der Waals surface area contributed by atoms with E-state index >= 15 is 0 Å². The second-order valence-corrected chi connectivity index (χ2v) is 14.8. The highest BCUT2D eigenvalue weighted by atomic mass is 16.6. The zero-order chi connectivity index (χ0) is 34.6. The molecule has 0 aromatic rings. The second kappa shape index (κ2) is 35.2.